The van der Waals surface area contributed by atoms with E-state index in [9.17, 15) is 0 Å². The first-order chi connectivity index (χ1) is 6.24. The molecule has 0 aliphatic heterocycles. The molecule has 2 N–H and O–H groups in total. The summed E-state index contributed by atoms with van der Waals surface area (Å²) < 4.78 is 4.98. The highest BCUT2D eigenvalue weighted by atomic mass is 16.5. The highest BCUT2D eigenvalue weighted by Gasteiger charge is 2.34. The van der Waals surface area contributed by atoms with Gasteiger partial charge >= 0.3 is 0 Å². The zero-order valence-electron chi connectivity index (χ0n) is 7.79. The van der Waals surface area contributed by atoms with Gasteiger partial charge in [-0.3, -0.25) is 0 Å². The molecule has 1 aliphatic carbocycles. The lowest BCUT2D eigenvalue weighted by Crippen LogP contribution is -2.43. The van der Waals surface area contributed by atoms with E-state index in [2.05, 4.69) is 4.98 Å². The third kappa shape index (κ3) is 1.40. The van der Waals surface area contributed by atoms with Crippen LogP contribution in [0.15, 0.2) is 18.3 Å². The smallest absolute Gasteiger partial charge is 0.212 e. The molecule has 13 heavy (non-hydrogen) atoms. The zero-order chi connectivity index (χ0) is 9.31. The minimum atomic E-state index is -0.112. The molecule has 1 aliphatic rings. The topological polar surface area (TPSA) is 48.1 Å². The highest BCUT2D eigenvalue weighted by molar-refractivity contribution is 5.26. The van der Waals surface area contributed by atoms with Crippen LogP contribution in [-0.4, -0.2) is 12.1 Å². The van der Waals surface area contributed by atoms with Crippen LogP contribution >= 0.6 is 0 Å². The molecule has 0 unspecified atom stereocenters. The van der Waals surface area contributed by atoms with Crippen LogP contribution in [0.3, 0.4) is 0 Å². The van der Waals surface area contributed by atoms with Crippen LogP contribution < -0.4 is 10.5 Å². The van der Waals surface area contributed by atoms with E-state index in [1.807, 2.05) is 18.3 Å². The lowest BCUT2D eigenvalue weighted by atomic mass is 9.73. The number of methoxy groups -OCH3 is 1. The van der Waals surface area contributed by atoms with E-state index in [-0.39, 0.29) is 5.54 Å². The van der Waals surface area contributed by atoms with Gasteiger partial charge in [-0.25, -0.2) is 4.98 Å². The van der Waals surface area contributed by atoms with E-state index < -0.39 is 0 Å². The molecule has 1 heterocycles. The zero-order valence-corrected chi connectivity index (χ0v) is 7.79. The molecule has 0 spiro atoms. The third-order valence-electron chi connectivity index (χ3n) is 2.77. The van der Waals surface area contributed by atoms with Gasteiger partial charge in [0.1, 0.15) is 0 Å². The van der Waals surface area contributed by atoms with E-state index in [4.69, 9.17) is 10.5 Å². The summed E-state index contributed by atoms with van der Waals surface area (Å²) in [6, 6.07) is 3.87. The molecule has 70 valence electrons. The van der Waals surface area contributed by atoms with Crippen molar-refractivity contribution in [3.05, 3.63) is 23.9 Å². The largest absolute Gasteiger partial charge is 0.481 e. The number of ether oxygens (including phenoxy) is 1. The summed E-state index contributed by atoms with van der Waals surface area (Å²) in [4.78, 5) is 4.14. The van der Waals surface area contributed by atoms with Gasteiger partial charge < -0.3 is 10.5 Å². The lowest BCUT2D eigenvalue weighted by molar-refractivity contribution is 0.252. The maximum absolute atomic E-state index is 6.13. The monoisotopic (exact) mass is 178 g/mol. The van der Waals surface area contributed by atoms with Gasteiger partial charge in [0.15, 0.2) is 0 Å². The Bertz CT molecular complexity index is 290. The predicted molar refractivity (Wildman–Crippen MR) is 50.5 cm³/mol. The maximum atomic E-state index is 6.13. The fourth-order valence-electron chi connectivity index (χ4n) is 1.64. The molecule has 0 atom stereocenters. The minimum absolute atomic E-state index is 0.112. The second kappa shape index (κ2) is 3.00. The number of nitrogens with two attached hydrogens (primary N) is 1. The SMILES string of the molecule is COc1ccc(C2(N)CCC2)cn1. The molecule has 1 aromatic heterocycles. The number of hydrogen-bond donors (Lipinski definition) is 1. The van der Waals surface area contributed by atoms with Crippen molar-refractivity contribution in [1.29, 1.82) is 0 Å². The molecule has 1 saturated carbocycles. The van der Waals surface area contributed by atoms with E-state index in [0.717, 1.165) is 18.4 Å². The van der Waals surface area contributed by atoms with Gasteiger partial charge in [-0.2, -0.15) is 0 Å². The molecule has 3 nitrogen and oxygen atoms in total. The molecule has 1 fully saturated rings. The molecule has 3 heteroatoms. The third-order valence-corrected chi connectivity index (χ3v) is 2.77. The summed E-state index contributed by atoms with van der Waals surface area (Å²) in [5, 5.41) is 0. The van der Waals surface area contributed by atoms with Crippen molar-refractivity contribution >= 4 is 0 Å². The number of hydrogen-bond acceptors (Lipinski definition) is 3. The lowest BCUT2D eigenvalue weighted by Gasteiger charge is -2.38. The van der Waals surface area contributed by atoms with Crippen molar-refractivity contribution in [3.63, 3.8) is 0 Å². The molecular formula is C10H14N2O. The van der Waals surface area contributed by atoms with E-state index in [1.165, 1.54) is 6.42 Å². The Kier molecular flexibility index (Phi) is 1.96. The van der Waals surface area contributed by atoms with Gasteiger partial charge in [0.05, 0.1) is 7.11 Å². The fourth-order valence-corrected chi connectivity index (χ4v) is 1.64. The van der Waals surface area contributed by atoms with Crippen LogP contribution in [0.4, 0.5) is 0 Å². The summed E-state index contributed by atoms with van der Waals surface area (Å²) in [7, 11) is 1.61. The van der Waals surface area contributed by atoms with Crippen LogP contribution in [0.1, 0.15) is 24.8 Å². The Balaban J connectivity index is 2.22. The minimum Gasteiger partial charge on any atom is -0.481 e. The first kappa shape index (κ1) is 8.51. The van der Waals surface area contributed by atoms with Crippen molar-refractivity contribution in [2.24, 2.45) is 5.73 Å². The summed E-state index contributed by atoms with van der Waals surface area (Å²) in [6.45, 7) is 0. The Morgan fingerprint density at radius 2 is 2.23 bits per heavy atom. The average molecular weight is 178 g/mol. The van der Waals surface area contributed by atoms with Gasteiger partial charge in [-0.1, -0.05) is 6.07 Å². The first-order valence-electron chi connectivity index (χ1n) is 4.54. The van der Waals surface area contributed by atoms with E-state index in [0.29, 0.717) is 5.88 Å². The quantitative estimate of drug-likeness (QED) is 0.745. The molecule has 0 radical (unpaired) electrons. The first-order valence-corrected chi connectivity index (χ1v) is 4.54. The fraction of sp³-hybridized carbons (Fsp3) is 0.500. The Hall–Kier alpha value is -1.09. The van der Waals surface area contributed by atoms with Crippen LogP contribution in [0.2, 0.25) is 0 Å². The summed E-state index contributed by atoms with van der Waals surface area (Å²) in [5.74, 6) is 0.645. The number of aromatic nitrogens is 1. The van der Waals surface area contributed by atoms with Crippen LogP contribution in [0, 0.1) is 0 Å². The van der Waals surface area contributed by atoms with Crippen molar-refractivity contribution in [2.75, 3.05) is 7.11 Å². The standard InChI is InChI=1S/C10H14N2O/c1-13-9-4-3-8(7-12-9)10(11)5-2-6-10/h3-4,7H,2,5-6,11H2,1H3. The molecule has 0 bridgehead atoms. The summed E-state index contributed by atoms with van der Waals surface area (Å²) in [5.41, 5.74) is 7.15. The van der Waals surface area contributed by atoms with Crippen LogP contribution in [0.5, 0.6) is 5.88 Å². The van der Waals surface area contributed by atoms with E-state index >= 15 is 0 Å². The van der Waals surface area contributed by atoms with Gasteiger partial charge in [0, 0.05) is 17.8 Å². The van der Waals surface area contributed by atoms with E-state index in [1.54, 1.807) is 7.11 Å². The van der Waals surface area contributed by atoms with Gasteiger partial charge in [-0.15, -0.1) is 0 Å². The van der Waals surface area contributed by atoms with Crippen molar-refractivity contribution < 1.29 is 4.74 Å². The Morgan fingerprint density at radius 3 is 2.62 bits per heavy atom. The normalized spacial score (nSPS) is 19.2. The van der Waals surface area contributed by atoms with Crippen molar-refractivity contribution in [1.82, 2.24) is 4.98 Å². The maximum Gasteiger partial charge on any atom is 0.212 e. The van der Waals surface area contributed by atoms with Gasteiger partial charge in [-0.05, 0) is 24.8 Å². The molecule has 2 rings (SSSR count). The van der Waals surface area contributed by atoms with Crippen molar-refractivity contribution in [2.45, 2.75) is 24.8 Å². The average Bonchev–Trinajstić information content (AvgIpc) is 2.14. The molecule has 0 aromatic carbocycles. The van der Waals surface area contributed by atoms with Crippen LogP contribution in [-0.2, 0) is 5.54 Å². The number of rotatable bonds is 2. The highest BCUT2D eigenvalue weighted by Crippen LogP contribution is 2.38. The Morgan fingerprint density at radius 1 is 1.46 bits per heavy atom. The Labute approximate surface area is 77.9 Å². The van der Waals surface area contributed by atoms with Gasteiger partial charge in [0.2, 0.25) is 5.88 Å². The van der Waals surface area contributed by atoms with Gasteiger partial charge in [0.25, 0.3) is 0 Å². The predicted octanol–water partition coefficient (Wildman–Crippen LogP) is 1.43. The summed E-state index contributed by atoms with van der Waals surface area (Å²) in [6.07, 6.45) is 5.18. The second-order valence-corrected chi connectivity index (χ2v) is 3.60. The molecular weight excluding hydrogens is 164 g/mol. The number of nitrogens with zero attached hydrogens (tertiary/aromatic N) is 1. The number of pyridine rings is 1. The second-order valence-electron chi connectivity index (χ2n) is 3.60. The molecule has 0 amide bonds. The summed E-state index contributed by atoms with van der Waals surface area (Å²) >= 11 is 0. The van der Waals surface area contributed by atoms with Crippen molar-refractivity contribution in [3.8, 4) is 5.88 Å². The molecule has 0 saturated heterocycles. The van der Waals surface area contributed by atoms with Crippen LogP contribution in [0.25, 0.3) is 0 Å². The molecule has 1 aromatic rings.